The fourth-order valence-electron chi connectivity index (χ4n) is 3.46. The molecule has 2 aromatic rings. The lowest BCUT2D eigenvalue weighted by Crippen LogP contribution is -2.74. The molecule has 2 amide bonds. The number of nitrogens with two attached hydrogens (primary N) is 1. The molecule has 0 radical (unpaired) electrons. The summed E-state index contributed by atoms with van der Waals surface area (Å²) in [5.74, 6) is 0.845. The maximum absolute atomic E-state index is 13.0. The third-order valence-electron chi connectivity index (χ3n) is 5.23. The molecular weight excluding hydrogens is 514 g/mol. The minimum atomic E-state index is -1.15. The van der Waals surface area contributed by atoms with Crippen LogP contribution in [0.1, 0.15) is 5.69 Å². The van der Waals surface area contributed by atoms with Crippen molar-refractivity contribution in [2.75, 3.05) is 30.4 Å². The highest BCUT2D eigenvalue weighted by molar-refractivity contribution is 8.01. The van der Waals surface area contributed by atoms with Crippen molar-refractivity contribution >= 4 is 64.2 Å². The number of pyridine rings is 1. The number of carboxylic acid groups (broad SMARTS) is 1. The number of carboxylic acids is 1. The summed E-state index contributed by atoms with van der Waals surface area (Å²) < 4.78 is 0.659. The Morgan fingerprint density at radius 2 is 2.31 bits per heavy atom. The highest BCUT2D eigenvalue weighted by atomic mass is 32.2. The lowest BCUT2D eigenvalue weighted by Gasteiger charge is -2.53. The zero-order valence-corrected chi connectivity index (χ0v) is 20.4. The van der Waals surface area contributed by atoms with E-state index in [1.165, 1.54) is 45.8 Å². The first kappa shape index (κ1) is 24.8. The number of β-lactam (4-membered cyclic amide) rings is 1. The van der Waals surface area contributed by atoms with E-state index in [0.29, 0.717) is 4.34 Å². The van der Waals surface area contributed by atoms with Crippen molar-refractivity contribution in [1.82, 2.24) is 25.4 Å². The summed E-state index contributed by atoms with van der Waals surface area (Å²) in [4.78, 5) is 48.6. The molecule has 0 spiro atoms. The number of fused-ring (bicyclic) bond motifs is 1. The summed E-state index contributed by atoms with van der Waals surface area (Å²) in [6.45, 7) is -0.139. The number of hydrogen-bond acceptors (Lipinski definition) is 12. The van der Waals surface area contributed by atoms with E-state index in [1.807, 2.05) is 0 Å². The molecular formula is C20H19N7O5S3. The molecule has 4 rings (SSSR count). The number of aliphatic carboxylic acids is 1. The van der Waals surface area contributed by atoms with E-state index in [2.05, 4.69) is 31.6 Å². The van der Waals surface area contributed by atoms with Crippen molar-refractivity contribution in [3.63, 3.8) is 0 Å². The van der Waals surface area contributed by atoms with E-state index in [4.69, 9.17) is 17.0 Å². The molecule has 35 heavy (non-hydrogen) atoms. The van der Waals surface area contributed by atoms with Gasteiger partial charge in [0, 0.05) is 18.1 Å². The molecule has 2 aromatic heterocycles. The van der Waals surface area contributed by atoms with Crippen LogP contribution in [0.3, 0.4) is 0 Å². The van der Waals surface area contributed by atoms with Gasteiger partial charge in [0.05, 0.1) is 0 Å². The quantitative estimate of drug-likeness (QED) is 0.0998. The number of aromatic nitrogens is 3. The number of rotatable bonds is 9. The Morgan fingerprint density at radius 3 is 3.00 bits per heavy atom. The van der Waals surface area contributed by atoms with Crippen molar-refractivity contribution in [3.05, 3.63) is 29.4 Å². The fourth-order valence-corrected chi connectivity index (χ4v) is 6.81. The zero-order valence-electron chi connectivity index (χ0n) is 18.0. The molecule has 182 valence electrons. The number of terminal acetylenes is 1. The maximum atomic E-state index is 13.0. The topological polar surface area (TPSA) is 173 Å². The number of hydrogen-bond donors (Lipinski definition) is 3. The summed E-state index contributed by atoms with van der Waals surface area (Å²) in [5.41, 5.74) is 6.10. The number of nitrogen functional groups attached to an aromatic ring is 1. The van der Waals surface area contributed by atoms with E-state index < -0.39 is 28.7 Å². The Hall–Kier alpha value is -3.35. The average molecular weight is 534 g/mol. The van der Waals surface area contributed by atoms with Crippen LogP contribution < -0.4 is 11.1 Å². The van der Waals surface area contributed by atoms with Crippen molar-refractivity contribution in [1.29, 1.82) is 0 Å². The molecule has 2 unspecified atom stereocenters. The zero-order chi connectivity index (χ0) is 25.0. The van der Waals surface area contributed by atoms with Crippen LogP contribution in [-0.4, -0.2) is 84.8 Å². The molecule has 2 fully saturated rings. The third-order valence-corrected chi connectivity index (χ3v) is 8.97. The van der Waals surface area contributed by atoms with Crippen molar-refractivity contribution in [2.24, 2.45) is 10.6 Å². The van der Waals surface area contributed by atoms with Crippen LogP contribution in [0.5, 0.6) is 0 Å². The minimum absolute atomic E-state index is 0.0278. The summed E-state index contributed by atoms with van der Waals surface area (Å²) >= 11 is 3.92. The highest BCUT2D eigenvalue weighted by Crippen LogP contribution is 2.44. The van der Waals surface area contributed by atoms with Crippen LogP contribution in [0.4, 0.5) is 5.82 Å². The molecule has 3 atom stereocenters. The first-order valence-electron chi connectivity index (χ1n) is 10.1. The van der Waals surface area contributed by atoms with E-state index in [0.717, 1.165) is 0 Å². The predicted molar refractivity (Wildman–Crippen MR) is 131 cm³/mol. The van der Waals surface area contributed by atoms with Gasteiger partial charge in [-0.25, -0.2) is 4.98 Å². The Balaban J connectivity index is 1.45. The molecule has 4 heterocycles. The summed E-state index contributed by atoms with van der Waals surface area (Å²) in [6, 6.07) is 3.81. The Kier molecular flexibility index (Phi) is 7.43. The molecule has 2 aliphatic rings. The van der Waals surface area contributed by atoms with Gasteiger partial charge in [-0.15, -0.1) is 28.4 Å². The lowest BCUT2D eigenvalue weighted by molar-refractivity contribution is -0.157. The molecule has 0 aliphatic carbocycles. The van der Waals surface area contributed by atoms with Gasteiger partial charge in [-0.05, 0) is 12.1 Å². The van der Waals surface area contributed by atoms with Crippen molar-refractivity contribution in [3.8, 4) is 12.3 Å². The molecule has 4 N–H and O–H groups in total. The second-order valence-electron chi connectivity index (χ2n) is 7.56. The van der Waals surface area contributed by atoms with Gasteiger partial charge < -0.3 is 25.9 Å². The number of carbonyl (C=O) groups excluding carboxylic acids is 2. The predicted octanol–water partition coefficient (Wildman–Crippen LogP) is 0.132. The molecule has 0 aromatic carbocycles. The maximum Gasteiger partial charge on any atom is 0.313 e. The van der Waals surface area contributed by atoms with E-state index >= 15 is 0 Å². The van der Waals surface area contributed by atoms with Gasteiger partial charge in [0.1, 0.15) is 33.9 Å². The molecule has 15 heteroatoms. The molecule has 0 bridgehead atoms. The van der Waals surface area contributed by atoms with Gasteiger partial charge in [-0.2, -0.15) is 0 Å². The fraction of sp³-hybridized carbons (Fsp3) is 0.350. The van der Waals surface area contributed by atoms with Crippen LogP contribution >= 0.6 is 34.9 Å². The number of nitrogens with one attached hydrogen (secondary N) is 1. The summed E-state index contributed by atoms with van der Waals surface area (Å²) in [5, 5.41) is 23.7. The lowest BCUT2D eigenvalue weighted by atomic mass is 9.89. The molecule has 2 aliphatic heterocycles. The Labute approximate surface area is 212 Å². The SMILES string of the molecule is C#CCON=C(C(=O)NC1C(=O)N2CC(CSc3nncs3)(C(=O)O)CS[C@H]12)c1cccc(N)n1. The van der Waals surface area contributed by atoms with Gasteiger partial charge in [-0.3, -0.25) is 14.4 Å². The van der Waals surface area contributed by atoms with Crippen molar-refractivity contribution < 1.29 is 24.3 Å². The smallest absolute Gasteiger partial charge is 0.313 e. The number of nitrogens with zero attached hydrogens (tertiary/aromatic N) is 5. The van der Waals surface area contributed by atoms with E-state index in [9.17, 15) is 19.5 Å². The number of oxime groups is 1. The standard InChI is InChI=1S/C20H19N7O5S3/c1-2-6-32-26-13(11-4-3-5-12(21)23-11)15(28)24-14-16(29)27-7-20(18(30)31,8-33-17(14)27)9-34-19-25-22-10-35-19/h1,3-5,10,14,17H,6-9H2,(H2,21,23)(H,24,28)(H,30,31)/t14?,17-,20?/m1/s1. The van der Waals surface area contributed by atoms with Gasteiger partial charge >= 0.3 is 5.97 Å². The second kappa shape index (κ2) is 10.5. The molecule has 12 nitrogen and oxygen atoms in total. The average Bonchev–Trinajstić information content (AvgIpc) is 3.37. The number of amides is 2. The van der Waals surface area contributed by atoms with Crippen LogP contribution in [-0.2, 0) is 19.2 Å². The second-order valence-corrected chi connectivity index (χ2v) is 10.7. The van der Waals surface area contributed by atoms with E-state index in [-0.39, 0.29) is 47.8 Å². The van der Waals surface area contributed by atoms with Crippen LogP contribution in [0.25, 0.3) is 0 Å². The largest absolute Gasteiger partial charge is 0.481 e. The first-order chi connectivity index (χ1) is 16.8. The van der Waals surface area contributed by atoms with Gasteiger partial charge in [-0.1, -0.05) is 40.2 Å². The van der Waals surface area contributed by atoms with Crippen LogP contribution in [0.15, 0.2) is 33.2 Å². The highest BCUT2D eigenvalue weighted by Gasteiger charge is 2.57. The van der Waals surface area contributed by atoms with Crippen LogP contribution in [0.2, 0.25) is 0 Å². The van der Waals surface area contributed by atoms with Gasteiger partial charge in [0.2, 0.25) is 5.91 Å². The third kappa shape index (κ3) is 5.19. The summed E-state index contributed by atoms with van der Waals surface area (Å²) in [6.07, 6.45) is 5.17. The Morgan fingerprint density at radius 1 is 1.49 bits per heavy atom. The monoisotopic (exact) mass is 533 g/mol. The van der Waals surface area contributed by atoms with E-state index in [1.54, 1.807) is 17.6 Å². The minimum Gasteiger partial charge on any atom is -0.481 e. The number of thioether (sulfide) groups is 2. The number of carbonyl (C=O) groups is 3. The molecule has 2 saturated heterocycles. The Bertz CT molecular complexity index is 1200. The van der Waals surface area contributed by atoms with Crippen molar-refractivity contribution in [2.45, 2.75) is 15.8 Å². The first-order valence-corrected chi connectivity index (χ1v) is 13.0. The summed E-state index contributed by atoms with van der Waals surface area (Å²) in [7, 11) is 0. The van der Waals surface area contributed by atoms with Gasteiger partial charge in [0.15, 0.2) is 16.7 Å². The van der Waals surface area contributed by atoms with Gasteiger partial charge in [0.25, 0.3) is 5.91 Å². The normalized spacial score (nSPS) is 23.6. The number of anilines is 1. The van der Waals surface area contributed by atoms with Crippen LogP contribution in [0, 0.1) is 17.8 Å². The molecule has 0 saturated carbocycles.